The summed E-state index contributed by atoms with van der Waals surface area (Å²) >= 11 is 3.41. The first-order valence-electron chi connectivity index (χ1n) is 10.9. The van der Waals surface area contributed by atoms with Crippen molar-refractivity contribution in [2.45, 2.75) is 45.1 Å². The highest BCUT2D eigenvalue weighted by Gasteiger charge is 2.21. The Morgan fingerprint density at radius 2 is 1.94 bits per heavy atom. The van der Waals surface area contributed by atoms with E-state index in [-0.39, 0.29) is 18.3 Å². The fraction of sp³-hybridized carbons (Fsp3) is 0.320. The number of imidazole rings is 1. The van der Waals surface area contributed by atoms with E-state index in [1.54, 1.807) is 17.5 Å². The number of aryl methyl sites for hydroxylation is 3. The molecule has 2 aromatic carbocycles. The Kier molecular flexibility index (Phi) is 8.95. The van der Waals surface area contributed by atoms with Crippen LogP contribution in [0.15, 0.2) is 60.0 Å². The summed E-state index contributed by atoms with van der Waals surface area (Å²) in [5, 5.41) is 0.780. The lowest BCUT2D eigenvalue weighted by Crippen LogP contribution is -2.33. The first kappa shape index (κ1) is 25.3. The summed E-state index contributed by atoms with van der Waals surface area (Å²) in [7, 11) is 0. The molecule has 0 N–H and O–H groups in total. The number of thioether (sulfide) groups is 1. The number of halogens is 1. The Hall–Kier alpha value is -2.35. The Morgan fingerprint density at radius 3 is 2.64 bits per heavy atom. The van der Waals surface area contributed by atoms with E-state index >= 15 is 0 Å². The zero-order valence-corrected chi connectivity index (χ0v) is 21.6. The molecule has 0 fully saturated rings. The van der Waals surface area contributed by atoms with Crippen molar-refractivity contribution in [1.82, 2.24) is 14.5 Å². The van der Waals surface area contributed by atoms with Gasteiger partial charge >= 0.3 is 0 Å². The Labute approximate surface area is 209 Å². The van der Waals surface area contributed by atoms with Crippen LogP contribution in [-0.4, -0.2) is 32.7 Å². The monoisotopic (exact) mass is 500 g/mol. The minimum atomic E-state index is 0. The standard InChI is InChI=1S/C25H28N4OS2.ClH/c1-4-31-21-9-7-20(8-10-21)16-23(30)29(14-5-13-28-15-12-26-17-28)25-27-24-19(3)18(2)6-11-22(24)32-25;/h6-12,15,17H,4-5,13-14,16H2,1-3H3;1H. The van der Waals surface area contributed by atoms with Crippen molar-refractivity contribution >= 4 is 56.8 Å². The summed E-state index contributed by atoms with van der Waals surface area (Å²) in [6, 6.07) is 12.6. The average Bonchev–Trinajstić information content (AvgIpc) is 3.46. The smallest absolute Gasteiger partial charge is 0.233 e. The molecular weight excluding hydrogens is 472 g/mol. The molecule has 2 heterocycles. The van der Waals surface area contributed by atoms with Crippen molar-refractivity contribution in [3.05, 3.63) is 71.8 Å². The van der Waals surface area contributed by atoms with Crippen molar-refractivity contribution in [3.8, 4) is 0 Å². The van der Waals surface area contributed by atoms with Gasteiger partial charge in [0.2, 0.25) is 5.91 Å². The molecule has 4 aromatic rings. The van der Waals surface area contributed by atoms with Crippen molar-refractivity contribution in [2.75, 3.05) is 17.2 Å². The molecule has 4 rings (SSSR count). The molecule has 0 bridgehead atoms. The highest BCUT2D eigenvalue weighted by atomic mass is 35.5. The van der Waals surface area contributed by atoms with Gasteiger partial charge in [-0.05, 0) is 60.9 Å². The van der Waals surface area contributed by atoms with Gasteiger partial charge in [-0.2, -0.15) is 0 Å². The second kappa shape index (κ2) is 11.7. The minimum Gasteiger partial charge on any atom is -0.337 e. The van der Waals surface area contributed by atoms with E-state index in [2.05, 4.69) is 62.2 Å². The van der Waals surface area contributed by atoms with Gasteiger partial charge in [-0.1, -0.05) is 36.5 Å². The summed E-state index contributed by atoms with van der Waals surface area (Å²) in [4.78, 5) is 25.5. The minimum absolute atomic E-state index is 0. The van der Waals surface area contributed by atoms with Crippen LogP contribution in [-0.2, 0) is 17.8 Å². The summed E-state index contributed by atoms with van der Waals surface area (Å²) in [5.41, 5.74) is 4.43. The molecule has 5 nitrogen and oxygen atoms in total. The Morgan fingerprint density at radius 1 is 1.15 bits per heavy atom. The van der Waals surface area contributed by atoms with Crippen LogP contribution in [0.25, 0.3) is 10.2 Å². The van der Waals surface area contributed by atoms with E-state index in [1.807, 2.05) is 33.8 Å². The van der Waals surface area contributed by atoms with Crippen LogP contribution in [0.1, 0.15) is 30.0 Å². The lowest BCUT2D eigenvalue weighted by molar-refractivity contribution is -0.118. The summed E-state index contributed by atoms with van der Waals surface area (Å²) in [6.07, 6.45) is 6.75. The predicted molar refractivity (Wildman–Crippen MR) is 142 cm³/mol. The van der Waals surface area contributed by atoms with Crippen LogP contribution in [0.5, 0.6) is 0 Å². The third-order valence-electron chi connectivity index (χ3n) is 5.55. The predicted octanol–water partition coefficient (Wildman–Crippen LogP) is 6.31. The number of rotatable bonds is 9. The van der Waals surface area contributed by atoms with E-state index < -0.39 is 0 Å². The molecule has 0 spiro atoms. The molecule has 1 amide bonds. The number of hydrogen-bond donors (Lipinski definition) is 0. The van der Waals surface area contributed by atoms with Crippen LogP contribution >= 0.6 is 35.5 Å². The number of anilines is 1. The average molecular weight is 501 g/mol. The normalized spacial score (nSPS) is 10.9. The highest BCUT2D eigenvalue weighted by molar-refractivity contribution is 7.99. The summed E-state index contributed by atoms with van der Waals surface area (Å²) in [5.74, 6) is 1.12. The van der Waals surface area contributed by atoms with Crippen molar-refractivity contribution in [1.29, 1.82) is 0 Å². The van der Waals surface area contributed by atoms with Crippen molar-refractivity contribution in [2.24, 2.45) is 0 Å². The van der Waals surface area contributed by atoms with Gasteiger partial charge in [0, 0.05) is 30.4 Å². The maximum Gasteiger partial charge on any atom is 0.233 e. The number of benzene rings is 2. The summed E-state index contributed by atoms with van der Waals surface area (Å²) in [6.45, 7) is 7.78. The number of amides is 1. The lowest BCUT2D eigenvalue weighted by Gasteiger charge is -2.20. The van der Waals surface area contributed by atoms with Crippen LogP contribution in [0.4, 0.5) is 5.13 Å². The second-order valence-corrected chi connectivity index (χ2v) is 10.2. The third kappa shape index (κ3) is 6.16. The van der Waals surface area contributed by atoms with Crippen molar-refractivity contribution in [3.63, 3.8) is 0 Å². The van der Waals surface area contributed by atoms with Crippen LogP contribution < -0.4 is 4.90 Å². The zero-order chi connectivity index (χ0) is 22.5. The van der Waals surface area contributed by atoms with E-state index in [1.165, 1.54) is 16.0 Å². The number of nitrogens with zero attached hydrogens (tertiary/aromatic N) is 4. The number of carbonyl (C=O) groups is 1. The molecule has 0 aliphatic rings. The molecular formula is C25H29ClN4OS2. The van der Waals surface area contributed by atoms with Gasteiger partial charge in [-0.15, -0.1) is 24.2 Å². The third-order valence-corrected chi connectivity index (χ3v) is 7.49. The van der Waals surface area contributed by atoms with Crippen molar-refractivity contribution < 1.29 is 4.79 Å². The largest absolute Gasteiger partial charge is 0.337 e. The van der Waals surface area contributed by atoms with Gasteiger partial charge in [0.05, 0.1) is 23.0 Å². The quantitative estimate of drug-likeness (QED) is 0.253. The maximum absolute atomic E-state index is 13.4. The van der Waals surface area contributed by atoms with Gasteiger partial charge in [0.1, 0.15) is 0 Å². The molecule has 0 atom stereocenters. The van der Waals surface area contributed by atoms with Gasteiger partial charge in [0.25, 0.3) is 0 Å². The highest BCUT2D eigenvalue weighted by Crippen LogP contribution is 2.32. The number of carbonyl (C=O) groups excluding carboxylic acids is 1. The molecule has 0 aliphatic carbocycles. The first-order chi connectivity index (χ1) is 15.5. The second-order valence-electron chi connectivity index (χ2n) is 7.80. The summed E-state index contributed by atoms with van der Waals surface area (Å²) < 4.78 is 3.16. The maximum atomic E-state index is 13.4. The van der Waals surface area contributed by atoms with Gasteiger partial charge in [-0.25, -0.2) is 9.97 Å². The number of thiazole rings is 1. The molecule has 33 heavy (non-hydrogen) atoms. The van der Waals surface area contributed by atoms with Gasteiger partial charge in [0.15, 0.2) is 5.13 Å². The number of fused-ring (bicyclic) bond motifs is 1. The lowest BCUT2D eigenvalue weighted by atomic mass is 10.1. The molecule has 8 heteroatoms. The molecule has 0 saturated heterocycles. The SMILES string of the molecule is CCSc1ccc(CC(=O)N(CCCn2ccnc2)c2nc3c(C)c(C)ccc3s2)cc1.Cl. The molecule has 0 saturated carbocycles. The zero-order valence-electron chi connectivity index (χ0n) is 19.2. The Bertz CT molecular complexity index is 1190. The molecule has 0 radical (unpaired) electrons. The van der Waals surface area contributed by atoms with Crippen LogP contribution in [0.3, 0.4) is 0 Å². The molecule has 0 aliphatic heterocycles. The Balaban J connectivity index is 0.00000306. The van der Waals surface area contributed by atoms with E-state index in [9.17, 15) is 4.79 Å². The molecule has 0 unspecified atom stereocenters. The van der Waals surface area contributed by atoms with E-state index in [0.717, 1.165) is 39.6 Å². The van der Waals surface area contributed by atoms with E-state index in [4.69, 9.17) is 4.98 Å². The first-order valence-corrected chi connectivity index (χ1v) is 12.7. The van der Waals surface area contributed by atoms with Gasteiger partial charge < -0.3 is 4.57 Å². The fourth-order valence-corrected chi connectivity index (χ4v) is 5.36. The van der Waals surface area contributed by atoms with Gasteiger partial charge in [-0.3, -0.25) is 9.69 Å². The van der Waals surface area contributed by atoms with E-state index in [0.29, 0.717) is 13.0 Å². The topological polar surface area (TPSA) is 51.0 Å². The van der Waals surface area contributed by atoms with Crippen LogP contribution in [0, 0.1) is 13.8 Å². The fourth-order valence-electron chi connectivity index (χ4n) is 3.63. The molecule has 2 aromatic heterocycles. The van der Waals surface area contributed by atoms with Crippen LogP contribution in [0.2, 0.25) is 0 Å². The number of aromatic nitrogens is 3. The number of hydrogen-bond acceptors (Lipinski definition) is 5. The molecule has 174 valence electrons.